The molecule has 0 aliphatic carbocycles. The van der Waals surface area contributed by atoms with Gasteiger partial charge in [-0.1, -0.05) is 6.92 Å². The fraction of sp³-hybridized carbons (Fsp3) is 0.583. The van der Waals surface area contributed by atoms with Gasteiger partial charge < -0.3 is 10.0 Å². The highest BCUT2D eigenvalue weighted by Gasteiger charge is 2.21. The molecule has 0 radical (unpaired) electrons. The Balaban J connectivity index is 2.07. The van der Waals surface area contributed by atoms with Crippen LogP contribution in [0.5, 0.6) is 0 Å². The Morgan fingerprint density at radius 1 is 1.39 bits per heavy atom. The van der Waals surface area contributed by atoms with Gasteiger partial charge in [0.25, 0.3) is 0 Å². The van der Waals surface area contributed by atoms with E-state index >= 15 is 0 Å². The lowest BCUT2D eigenvalue weighted by Crippen LogP contribution is -2.40. The third kappa shape index (κ3) is 3.00. The number of pyridine rings is 1. The molecule has 6 heteroatoms. The molecule has 1 N–H and O–H groups in total. The maximum atomic E-state index is 11.3. The van der Waals surface area contributed by atoms with Crippen molar-refractivity contribution in [1.29, 1.82) is 0 Å². The topological polar surface area (TPSA) is 70.5 Å². The zero-order valence-corrected chi connectivity index (χ0v) is 11.2. The van der Waals surface area contributed by atoms with Gasteiger partial charge in [-0.15, -0.1) is 0 Å². The van der Waals surface area contributed by atoms with E-state index in [1.54, 1.807) is 12.3 Å². The molecular weight excluding hydrogens is 252 g/mol. The third-order valence-corrected chi connectivity index (χ3v) is 4.82. The number of hydrogen-bond acceptors (Lipinski definition) is 5. The SMILES string of the molecule is CC[C@H](O)c1ccc(N2CCS(=O)(=O)CC2)cn1. The van der Waals surface area contributed by atoms with Crippen LogP contribution in [0.15, 0.2) is 18.3 Å². The van der Waals surface area contributed by atoms with E-state index in [0.29, 0.717) is 25.2 Å². The quantitative estimate of drug-likeness (QED) is 0.878. The fourth-order valence-electron chi connectivity index (χ4n) is 1.96. The van der Waals surface area contributed by atoms with Gasteiger partial charge in [-0.2, -0.15) is 0 Å². The number of aliphatic hydroxyl groups excluding tert-OH is 1. The number of sulfone groups is 1. The van der Waals surface area contributed by atoms with Gasteiger partial charge in [0.1, 0.15) is 0 Å². The Morgan fingerprint density at radius 3 is 2.56 bits per heavy atom. The van der Waals surface area contributed by atoms with Crippen molar-refractivity contribution >= 4 is 15.5 Å². The normalized spacial score (nSPS) is 20.7. The second-order valence-corrected chi connectivity index (χ2v) is 6.81. The van der Waals surface area contributed by atoms with Crippen LogP contribution in [0.3, 0.4) is 0 Å². The van der Waals surface area contributed by atoms with Crippen LogP contribution in [-0.4, -0.2) is 43.1 Å². The summed E-state index contributed by atoms with van der Waals surface area (Å²) in [5.41, 5.74) is 1.57. The summed E-state index contributed by atoms with van der Waals surface area (Å²) in [6, 6.07) is 3.69. The minimum Gasteiger partial charge on any atom is -0.387 e. The predicted molar refractivity (Wildman–Crippen MR) is 70.4 cm³/mol. The van der Waals surface area contributed by atoms with Crippen molar-refractivity contribution < 1.29 is 13.5 Å². The van der Waals surface area contributed by atoms with E-state index in [2.05, 4.69) is 4.98 Å². The lowest BCUT2D eigenvalue weighted by atomic mass is 10.2. The summed E-state index contributed by atoms with van der Waals surface area (Å²) in [5.74, 6) is 0.401. The summed E-state index contributed by atoms with van der Waals surface area (Å²) in [6.07, 6.45) is 1.81. The van der Waals surface area contributed by atoms with Gasteiger partial charge in [0.05, 0.1) is 35.2 Å². The number of aliphatic hydroxyl groups is 1. The van der Waals surface area contributed by atoms with Gasteiger partial charge >= 0.3 is 0 Å². The van der Waals surface area contributed by atoms with Crippen LogP contribution in [0.25, 0.3) is 0 Å². The Kier molecular flexibility index (Phi) is 3.87. The zero-order valence-electron chi connectivity index (χ0n) is 10.4. The smallest absolute Gasteiger partial charge is 0.153 e. The molecular formula is C12H18N2O3S. The van der Waals surface area contributed by atoms with Gasteiger partial charge in [-0.05, 0) is 18.6 Å². The second-order valence-electron chi connectivity index (χ2n) is 4.50. The van der Waals surface area contributed by atoms with Gasteiger partial charge in [-0.3, -0.25) is 4.98 Å². The van der Waals surface area contributed by atoms with Gasteiger partial charge in [0, 0.05) is 13.1 Å². The first-order valence-corrected chi connectivity index (χ1v) is 7.93. The third-order valence-electron chi connectivity index (χ3n) is 3.21. The standard InChI is InChI=1S/C12H18N2O3S/c1-2-12(15)11-4-3-10(9-13-11)14-5-7-18(16,17)8-6-14/h3-4,9,12,15H,2,5-8H2,1H3/t12-/m0/s1. The maximum absolute atomic E-state index is 11.3. The second kappa shape index (κ2) is 5.24. The molecule has 100 valence electrons. The summed E-state index contributed by atoms with van der Waals surface area (Å²) < 4.78 is 22.7. The Hall–Kier alpha value is -1.14. The molecule has 0 spiro atoms. The first-order chi connectivity index (χ1) is 8.52. The van der Waals surface area contributed by atoms with E-state index in [1.165, 1.54) is 0 Å². The van der Waals surface area contributed by atoms with E-state index in [4.69, 9.17) is 0 Å². The van der Waals surface area contributed by atoms with Crippen molar-refractivity contribution in [1.82, 2.24) is 4.98 Å². The number of anilines is 1. The number of nitrogens with zero attached hydrogens (tertiary/aromatic N) is 2. The highest BCUT2D eigenvalue weighted by molar-refractivity contribution is 7.91. The summed E-state index contributed by atoms with van der Waals surface area (Å²) in [5, 5.41) is 9.64. The monoisotopic (exact) mass is 270 g/mol. The van der Waals surface area contributed by atoms with Gasteiger partial charge in [0.15, 0.2) is 9.84 Å². The molecule has 1 aromatic heterocycles. The summed E-state index contributed by atoms with van der Waals surface area (Å²) in [4.78, 5) is 6.23. The Bertz CT molecular complexity index is 485. The molecule has 18 heavy (non-hydrogen) atoms. The van der Waals surface area contributed by atoms with Crippen LogP contribution in [0.2, 0.25) is 0 Å². The van der Waals surface area contributed by atoms with Crippen molar-refractivity contribution in [3.8, 4) is 0 Å². The molecule has 0 unspecified atom stereocenters. The number of aromatic nitrogens is 1. The van der Waals surface area contributed by atoms with Crippen LogP contribution in [-0.2, 0) is 9.84 Å². The van der Waals surface area contributed by atoms with Crippen LogP contribution in [0.4, 0.5) is 5.69 Å². The molecule has 1 aromatic rings. The summed E-state index contributed by atoms with van der Waals surface area (Å²) in [7, 11) is -2.85. The molecule has 1 atom stereocenters. The lowest BCUT2D eigenvalue weighted by molar-refractivity contribution is 0.169. The number of rotatable bonds is 3. The van der Waals surface area contributed by atoms with Crippen molar-refractivity contribution in [2.75, 3.05) is 29.5 Å². The van der Waals surface area contributed by atoms with E-state index in [1.807, 2.05) is 17.9 Å². The van der Waals surface area contributed by atoms with E-state index < -0.39 is 15.9 Å². The molecule has 2 rings (SSSR count). The Morgan fingerprint density at radius 2 is 2.06 bits per heavy atom. The minimum atomic E-state index is -2.85. The molecule has 0 bridgehead atoms. The maximum Gasteiger partial charge on any atom is 0.153 e. The van der Waals surface area contributed by atoms with Gasteiger partial charge in [0.2, 0.25) is 0 Å². The van der Waals surface area contributed by atoms with E-state index in [-0.39, 0.29) is 11.5 Å². The van der Waals surface area contributed by atoms with Gasteiger partial charge in [-0.25, -0.2) is 8.42 Å². The molecule has 0 amide bonds. The van der Waals surface area contributed by atoms with E-state index in [0.717, 1.165) is 5.69 Å². The first kappa shape index (κ1) is 13.3. The highest BCUT2D eigenvalue weighted by atomic mass is 32.2. The van der Waals surface area contributed by atoms with Crippen LogP contribution < -0.4 is 4.90 Å². The van der Waals surface area contributed by atoms with Crippen LogP contribution in [0, 0.1) is 0 Å². The summed E-state index contributed by atoms with van der Waals surface area (Å²) in [6.45, 7) is 2.93. The molecule has 2 heterocycles. The van der Waals surface area contributed by atoms with Crippen LogP contribution in [0.1, 0.15) is 25.1 Å². The molecule has 0 saturated carbocycles. The predicted octanol–water partition coefficient (Wildman–Crippen LogP) is 0.760. The van der Waals surface area contributed by atoms with Crippen molar-refractivity contribution in [2.24, 2.45) is 0 Å². The zero-order chi connectivity index (χ0) is 13.2. The largest absolute Gasteiger partial charge is 0.387 e. The van der Waals surface area contributed by atoms with Crippen molar-refractivity contribution in [3.05, 3.63) is 24.0 Å². The van der Waals surface area contributed by atoms with E-state index in [9.17, 15) is 13.5 Å². The summed E-state index contributed by atoms with van der Waals surface area (Å²) >= 11 is 0. The molecule has 5 nitrogen and oxygen atoms in total. The lowest BCUT2D eigenvalue weighted by Gasteiger charge is -2.28. The van der Waals surface area contributed by atoms with Crippen LogP contribution >= 0.6 is 0 Å². The molecule has 0 aromatic carbocycles. The average molecular weight is 270 g/mol. The fourth-order valence-corrected chi connectivity index (χ4v) is 3.16. The molecule has 1 saturated heterocycles. The highest BCUT2D eigenvalue weighted by Crippen LogP contribution is 2.19. The first-order valence-electron chi connectivity index (χ1n) is 6.11. The average Bonchev–Trinajstić information content (AvgIpc) is 2.38. The van der Waals surface area contributed by atoms with Crippen molar-refractivity contribution in [2.45, 2.75) is 19.4 Å². The molecule has 1 fully saturated rings. The van der Waals surface area contributed by atoms with Crippen molar-refractivity contribution in [3.63, 3.8) is 0 Å². The minimum absolute atomic E-state index is 0.201. The molecule has 1 aliphatic heterocycles. The number of hydrogen-bond donors (Lipinski definition) is 1. The molecule has 1 aliphatic rings. The Labute approximate surface area is 107 Å².